The second kappa shape index (κ2) is 4.34. The maximum Gasteiger partial charge on any atom is 0.122 e. The summed E-state index contributed by atoms with van der Waals surface area (Å²) in [6, 6.07) is 9.32. The maximum absolute atomic E-state index is 5.52. The Kier molecular flexibility index (Phi) is 2.83. The van der Waals surface area contributed by atoms with Gasteiger partial charge in [-0.2, -0.15) is 0 Å². The molecule has 2 fully saturated rings. The third-order valence-electron chi connectivity index (χ3n) is 4.30. The number of ether oxygens (including phenoxy) is 1. The Morgan fingerprint density at radius 3 is 2.65 bits per heavy atom. The third-order valence-corrected chi connectivity index (χ3v) is 4.30. The van der Waals surface area contributed by atoms with Crippen LogP contribution in [0.25, 0.3) is 0 Å². The molecule has 2 aliphatic rings. The van der Waals surface area contributed by atoms with Crippen molar-refractivity contribution in [2.24, 2.45) is 0 Å². The summed E-state index contributed by atoms with van der Waals surface area (Å²) in [4.78, 5) is 0. The monoisotopic (exact) mass is 231 g/mol. The third kappa shape index (κ3) is 2.06. The Morgan fingerprint density at radius 2 is 2.06 bits per heavy atom. The van der Waals surface area contributed by atoms with Gasteiger partial charge in [0.2, 0.25) is 0 Å². The van der Waals surface area contributed by atoms with E-state index >= 15 is 0 Å². The van der Waals surface area contributed by atoms with Gasteiger partial charge in [-0.05, 0) is 31.7 Å². The number of benzene rings is 1. The van der Waals surface area contributed by atoms with Crippen LogP contribution in [0.1, 0.15) is 37.7 Å². The van der Waals surface area contributed by atoms with Crippen LogP contribution in [0.5, 0.6) is 5.75 Å². The molecule has 0 spiro atoms. The Hall–Kier alpha value is -1.02. The quantitative estimate of drug-likeness (QED) is 0.841. The second-order valence-corrected chi connectivity index (χ2v) is 5.49. The predicted molar refractivity (Wildman–Crippen MR) is 69.5 cm³/mol. The average molecular weight is 231 g/mol. The summed E-state index contributed by atoms with van der Waals surface area (Å²) in [6.45, 7) is 1.12. The van der Waals surface area contributed by atoms with Crippen LogP contribution in [0.2, 0.25) is 0 Å². The van der Waals surface area contributed by atoms with Crippen molar-refractivity contribution in [3.8, 4) is 5.75 Å². The minimum absolute atomic E-state index is 0.342. The Bertz CT molecular complexity index is 394. The highest BCUT2D eigenvalue weighted by Crippen LogP contribution is 2.46. The summed E-state index contributed by atoms with van der Waals surface area (Å²) in [5.74, 6) is 1.06. The van der Waals surface area contributed by atoms with Crippen molar-refractivity contribution in [1.82, 2.24) is 5.32 Å². The van der Waals surface area contributed by atoms with Gasteiger partial charge in [-0.15, -0.1) is 0 Å². The van der Waals surface area contributed by atoms with Gasteiger partial charge < -0.3 is 10.1 Å². The first kappa shape index (κ1) is 11.1. The SMILES string of the molecule is COc1ccccc1C1(CNC2CC2)CCC1. The van der Waals surface area contributed by atoms with Gasteiger partial charge in [-0.1, -0.05) is 24.6 Å². The molecule has 0 aliphatic heterocycles. The normalized spacial score (nSPS) is 21.9. The largest absolute Gasteiger partial charge is 0.496 e. The molecule has 0 bridgehead atoms. The average Bonchev–Trinajstić information content (AvgIpc) is 3.12. The lowest BCUT2D eigenvalue weighted by Crippen LogP contribution is -2.44. The Labute approximate surface area is 103 Å². The summed E-state index contributed by atoms with van der Waals surface area (Å²) >= 11 is 0. The molecule has 1 N–H and O–H groups in total. The minimum atomic E-state index is 0.342. The van der Waals surface area contributed by atoms with Gasteiger partial charge in [0, 0.05) is 23.6 Å². The van der Waals surface area contributed by atoms with E-state index in [4.69, 9.17) is 4.74 Å². The summed E-state index contributed by atoms with van der Waals surface area (Å²) in [6.07, 6.45) is 6.68. The van der Waals surface area contributed by atoms with Crippen LogP contribution in [0.15, 0.2) is 24.3 Å². The molecule has 17 heavy (non-hydrogen) atoms. The van der Waals surface area contributed by atoms with Crippen LogP contribution >= 0.6 is 0 Å². The topological polar surface area (TPSA) is 21.3 Å². The highest BCUT2D eigenvalue weighted by atomic mass is 16.5. The number of hydrogen-bond donors (Lipinski definition) is 1. The lowest BCUT2D eigenvalue weighted by atomic mass is 9.64. The molecule has 2 aliphatic carbocycles. The lowest BCUT2D eigenvalue weighted by molar-refractivity contribution is 0.225. The fraction of sp³-hybridized carbons (Fsp3) is 0.600. The fourth-order valence-corrected chi connectivity index (χ4v) is 2.85. The number of para-hydroxylation sites is 1. The molecule has 0 unspecified atom stereocenters. The molecule has 0 aromatic heterocycles. The summed E-state index contributed by atoms with van der Waals surface area (Å²) < 4.78 is 5.52. The first-order chi connectivity index (χ1) is 8.34. The molecule has 1 aromatic carbocycles. The van der Waals surface area contributed by atoms with Gasteiger partial charge >= 0.3 is 0 Å². The molecule has 3 rings (SSSR count). The van der Waals surface area contributed by atoms with Crippen molar-refractivity contribution in [1.29, 1.82) is 0 Å². The summed E-state index contributed by atoms with van der Waals surface area (Å²) in [5.41, 5.74) is 1.75. The smallest absolute Gasteiger partial charge is 0.122 e. The number of nitrogens with one attached hydrogen (secondary N) is 1. The lowest BCUT2D eigenvalue weighted by Gasteiger charge is -2.43. The van der Waals surface area contributed by atoms with Crippen molar-refractivity contribution in [2.75, 3.05) is 13.7 Å². The van der Waals surface area contributed by atoms with Crippen molar-refractivity contribution in [2.45, 2.75) is 43.6 Å². The molecule has 2 saturated carbocycles. The van der Waals surface area contributed by atoms with Crippen LogP contribution in [0.3, 0.4) is 0 Å². The molecule has 1 aromatic rings. The zero-order chi connectivity index (χ0) is 11.7. The van der Waals surface area contributed by atoms with Crippen LogP contribution in [0.4, 0.5) is 0 Å². The van der Waals surface area contributed by atoms with E-state index in [0.717, 1.165) is 18.3 Å². The van der Waals surface area contributed by atoms with E-state index in [1.807, 2.05) is 0 Å². The molecule has 0 radical (unpaired) electrons. The van der Waals surface area contributed by atoms with Crippen LogP contribution < -0.4 is 10.1 Å². The van der Waals surface area contributed by atoms with E-state index in [2.05, 4.69) is 29.6 Å². The van der Waals surface area contributed by atoms with E-state index < -0.39 is 0 Å². The number of rotatable bonds is 5. The van der Waals surface area contributed by atoms with Crippen LogP contribution in [-0.2, 0) is 5.41 Å². The molecule has 0 heterocycles. The molecular formula is C15H21NO. The van der Waals surface area contributed by atoms with E-state index in [9.17, 15) is 0 Å². The molecule has 0 saturated heterocycles. The van der Waals surface area contributed by atoms with Crippen molar-refractivity contribution in [3.05, 3.63) is 29.8 Å². The summed E-state index contributed by atoms with van der Waals surface area (Å²) in [7, 11) is 1.78. The van der Waals surface area contributed by atoms with Gasteiger partial charge in [-0.25, -0.2) is 0 Å². The molecule has 0 atom stereocenters. The molecular weight excluding hydrogens is 210 g/mol. The van der Waals surface area contributed by atoms with Crippen LogP contribution in [-0.4, -0.2) is 19.7 Å². The van der Waals surface area contributed by atoms with Gasteiger partial charge in [0.25, 0.3) is 0 Å². The zero-order valence-corrected chi connectivity index (χ0v) is 10.5. The van der Waals surface area contributed by atoms with Gasteiger partial charge in [0.05, 0.1) is 7.11 Å². The zero-order valence-electron chi connectivity index (χ0n) is 10.5. The first-order valence-corrected chi connectivity index (χ1v) is 6.71. The molecule has 2 heteroatoms. The van der Waals surface area contributed by atoms with Crippen molar-refractivity contribution < 1.29 is 4.74 Å². The number of methoxy groups -OCH3 is 1. The summed E-state index contributed by atoms with van der Waals surface area (Å²) in [5, 5.41) is 3.69. The van der Waals surface area contributed by atoms with Crippen molar-refractivity contribution in [3.63, 3.8) is 0 Å². The molecule has 2 nitrogen and oxygen atoms in total. The maximum atomic E-state index is 5.52. The minimum Gasteiger partial charge on any atom is -0.496 e. The Balaban J connectivity index is 1.82. The number of hydrogen-bond acceptors (Lipinski definition) is 2. The fourth-order valence-electron chi connectivity index (χ4n) is 2.85. The standard InChI is InChI=1S/C15H21NO/c1-17-14-6-3-2-5-13(14)15(9-4-10-15)11-16-12-7-8-12/h2-3,5-6,12,16H,4,7-11H2,1H3. The van der Waals surface area contributed by atoms with Gasteiger partial charge in [-0.3, -0.25) is 0 Å². The Morgan fingerprint density at radius 1 is 1.29 bits per heavy atom. The molecule has 92 valence electrons. The second-order valence-electron chi connectivity index (χ2n) is 5.49. The van der Waals surface area contributed by atoms with E-state index in [0.29, 0.717) is 5.41 Å². The predicted octanol–water partition coefficient (Wildman–Crippen LogP) is 2.87. The van der Waals surface area contributed by atoms with Gasteiger partial charge in [0.15, 0.2) is 0 Å². The van der Waals surface area contributed by atoms with Crippen LogP contribution in [0, 0.1) is 0 Å². The van der Waals surface area contributed by atoms with Crippen molar-refractivity contribution >= 4 is 0 Å². The highest BCUT2D eigenvalue weighted by Gasteiger charge is 2.41. The molecule has 0 amide bonds. The first-order valence-electron chi connectivity index (χ1n) is 6.71. The van der Waals surface area contributed by atoms with E-state index in [-0.39, 0.29) is 0 Å². The van der Waals surface area contributed by atoms with E-state index in [1.54, 1.807) is 7.11 Å². The highest BCUT2D eigenvalue weighted by molar-refractivity contribution is 5.41. The van der Waals surface area contributed by atoms with E-state index in [1.165, 1.54) is 37.7 Å². The van der Waals surface area contributed by atoms with Gasteiger partial charge in [0.1, 0.15) is 5.75 Å².